The molecule has 0 radical (unpaired) electrons. The van der Waals surface area contributed by atoms with Crippen LogP contribution in [-0.4, -0.2) is 22.0 Å². The lowest BCUT2D eigenvalue weighted by Crippen LogP contribution is -2.27. The number of imide groups is 1. The van der Waals surface area contributed by atoms with Crippen LogP contribution in [-0.2, 0) is 11.3 Å². The largest absolute Gasteiger partial charge is 0.422 e. The molecule has 1 fully saturated rings. The van der Waals surface area contributed by atoms with E-state index in [0.717, 1.165) is 21.8 Å². The highest BCUT2D eigenvalue weighted by molar-refractivity contribution is 9.10. The summed E-state index contributed by atoms with van der Waals surface area (Å²) >= 11 is 10.2. The highest BCUT2D eigenvalue weighted by atomic mass is 79.9. The summed E-state index contributed by atoms with van der Waals surface area (Å²) in [7, 11) is 0. The molecule has 4 rings (SSSR count). The molecule has 1 heterocycles. The van der Waals surface area contributed by atoms with Gasteiger partial charge in [-0.25, -0.2) is 4.79 Å². The van der Waals surface area contributed by atoms with E-state index in [1.165, 1.54) is 4.90 Å². The second-order valence-electron chi connectivity index (χ2n) is 6.79. The van der Waals surface area contributed by atoms with E-state index in [2.05, 4.69) is 15.9 Å². The van der Waals surface area contributed by atoms with Gasteiger partial charge >= 0.3 is 5.97 Å². The molecular weight excluding hydrogens is 514 g/mol. The molecule has 32 heavy (non-hydrogen) atoms. The Morgan fingerprint density at radius 2 is 1.69 bits per heavy atom. The van der Waals surface area contributed by atoms with Crippen molar-refractivity contribution >= 4 is 62.5 Å². The molecule has 0 spiro atoms. The number of para-hydroxylation sites is 1. The molecule has 3 aromatic carbocycles. The van der Waals surface area contributed by atoms with Crippen molar-refractivity contribution in [1.82, 2.24) is 4.90 Å². The molecule has 0 saturated carbocycles. The number of esters is 1. The molecule has 1 aliphatic heterocycles. The third kappa shape index (κ3) is 4.96. The Morgan fingerprint density at radius 3 is 2.44 bits per heavy atom. The fourth-order valence-electron chi connectivity index (χ4n) is 3.01. The van der Waals surface area contributed by atoms with E-state index in [-0.39, 0.29) is 22.4 Å². The van der Waals surface area contributed by atoms with Crippen LogP contribution in [0.1, 0.15) is 21.5 Å². The number of halogens is 2. The fourth-order valence-corrected chi connectivity index (χ4v) is 4.38. The monoisotopic (exact) mass is 527 g/mol. The summed E-state index contributed by atoms with van der Waals surface area (Å²) in [5.41, 5.74) is 1.69. The van der Waals surface area contributed by atoms with Crippen molar-refractivity contribution in [2.24, 2.45) is 0 Å². The molecule has 1 aliphatic rings. The summed E-state index contributed by atoms with van der Waals surface area (Å²) in [4.78, 5) is 39.3. The maximum atomic E-state index is 12.9. The molecule has 0 atom stereocenters. The standard InChI is InChI=1S/C24H15BrClNO4S/c25-19-7-3-1-6-17(19)14-27-22(28)21(32-24(27)30)13-16-5-2-4-8-20(16)31-23(29)15-9-11-18(26)12-10-15/h1-13H,14H2/b21-13-. The summed E-state index contributed by atoms with van der Waals surface area (Å²) in [5, 5.41) is 0.160. The molecule has 0 N–H and O–H groups in total. The number of amides is 2. The summed E-state index contributed by atoms with van der Waals surface area (Å²) < 4.78 is 6.35. The summed E-state index contributed by atoms with van der Waals surface area (Å²) in [6.45, 7) is 0.163. The van der Waals surface area contributed by atoms with Crippen LogP contribution in [0.5, 0.6) is 5.75 Å². The molecule has 0 unspecified atom stereocenters. The molecule has 160 valence electrons. The maximum absolute atomic E-state index is 12.9. The van der Waals surface area contributed by atoms with Gasteiger partial charge in [-0.2, -0.15) is 0 Å². The van der Waals surface area contributed by atoms with Crippen molar-refractivity contribution in [2.45, 2.75) is 6.54 Å². The number of hydrogen-bond donors (Lipinski definition) is 0. The van der Waals surface area contributed by atoms with Crippen LogP contribution in [0.15, 0.2) is 82.2 Å². The number of carbonyl (C=O) groups excluding carboxylic acids is 3. The third-order valence-corrected chi connectivity index (χ3v) is 6.58. The smallest absolute Gasteiger partial charge is 0.343 e. The van der Waals surface area contributed by atoms with E-state index in [1.807, 2.05) is 24.3 Å². The van der Waals surface area contributed by atoms with Gasteiger partial charge in [0.1, 0.15) is 5.75 Å². The number of hydrogen-bond acceptors (Lipinski definition) is 5. The van der Waals surface area contributed by atoms with Crippen molar-refractivity contribution in [1.29, 1.82) is 0 Å². The molecule has 5 nitrogen and oxygen atoms in total. The zero-order chi connectivity index (χ0) is 22.7. The Morgan fingerprint density at radius 1 is 1.00 bits per heavy atom. The Labute approximate surface area is 202 Å². The second-order valence-corrected chi connectivity index (χ2v) is 9.08. The first-order valence-electron chi connectivity index (χ1n) is 9.48. The van der Waals surface area contributed by atoms with Crippen LogP contribution in [0.4, 0.5) is 4.79 Å². The van der Waals surface area contributed by atoms with Gasteiger partial charge in [0.2, 0.25) is 0 Å². The quantitative estimate of drug-likeness (QED) is 0.213. The van der Waals surface area contributed by atoms with Crippen LogP contribution >= 0.6 is 39.3 Å². The van der Waals surface area contributed by atoms with Crippen LogP contribution in [0, 0.1) is 0 Å². The average molecular weight is 529 g/mol. The predicted octanol–water partition coefficient (Wildman–Crippen LogP) is 6.56. The van der Waals surface area contributed by atoms with Gasteiger partial charge in [0.15, 0.2) is 0 Å². The third-order valence-electron chi connectivity index (χ3n) is 4.65. The minimum atomic E-state index is -0.551. The number of rotatable bonds is 5. The minimum Gasteiger partial charge on any atom is -0.422 e. The van der Waals surface area contributed by atoms with Crippen molar-refractivity contribution in [3.05, 3.63) is 104 Å². The first-order chi connectivity index (χ1) is 15.4. The Kier molecular flexibility index (Phi) is 6.79. The van der Waals surface area contributed by atoms with Gasteiger partial charge in [0.05, 0.1) is 17.0 Å². The van der Waals surface area contributed by atoms with E-state index >= 15 is 0 Å². The van der Waals surface area contributed by atoms with Crippen LogP contribution in [0.2, 0.25) is 5.02 Å². The number of benzene rings is 3. The van der Waals surface area contributed by atoms with E-state index < -0.39 is 11.9 Å². The topological polar surface area (TPSA) is 63.7 Å². The highest BCUT2D eigenvalue weighted by Crippen LogP contribution is 2.35. The lowest BCUT2D eigenvalue weighted by atomic mass is 10.1. The zero-order valence-corrected chi connectivity index (χ0v) is 19.6. The lowest BCUT2D eigenvalue weighted by molar-refractivity contribution is -0.123. The summed E-state index contributed by atoms with van der Waals surface area (Å²) in [5.74, 6) is -0.663. The van der Waals surface area contributed by atoms with Crippen molar-refractivity contribution in [2.75, 3.05) is 0 Å². The molecule has 0 aromatic heterocycles. The van der Waals surface area contributed by atoms with Gasteiger partial charge in [0.25, 0.3) is 11.1 Å². The second kappa shape index (κ2) is 9.73. The Hall–Kier alpha value is -2.87. The predicted molar refractivity (Wildman–Crippen MR) is 129 cm³/mol. The van der Waals surface area contributed by atoms with Gasteiger partial charge in [-0.15, -0.1) is 0 Å². The van der Waals surface area contributed by atoms with Gasteiger partial charge in [-0.1, -0.05) is 63.9 Å². The number of nitrogens with zero attached hydrogens (tertiary/aromatic N) is 1. The Balaban J connectivity index is 1.56. The molecule has 0 aliphatic carbocycles. The Bertz CT molecular complexity index is 1240. The van der Waals surface area contributed by atoms with E-state index in [4.69, 9.17) is 16.3 Å². The van der Waals surface area contributed by atoms with E-state index in [1.54, 1.807) is 54.6 Å². The molecule has 1 saturated heterocycles. The van der Waals surface area contributed by atoms with Crippen molar-refractivity contribution in [3.8, 4) is 5.75 Å². The number of carbonyl (C=O) groups is 3. The van der Waals surface area contributed by atoms with Crippen LogP contribution in [0.3, 0.4) is 0 Å². The first-order valence-corrected chi connectivity index (χ1v) is 11.5. The molecule has 2 amide bonds. The van der Waals surface area contributed by atoms with Crippen molar-refractivity contribution in [3.63, 3.8) is 0 Å². The number of ether oxygens (including phenoxy) is 1. The van der Waals surface area contributed by atoms with Crippen molar-refractivity contribution < 1.29 is 19.1 Å². The zero-order valence-electron chi connectivity index (χ0n) is 16.5. The van der Waals surface area contributed by atoms with Gasteiger partial charge in [-0.05, 0) is 59.8 Å². The number of thioether (sulfide) groups is 1. The molecule has 8 heteroatoms. The lowest BCUT2D eigenvalue weighted by Gasteiger charge is -2.13. The summed E-state index contributed by atoms with van der Waals surface area (Å²) in [6, 6.07) is 20.6. The molecule has 3 aromatic rings. The van der Waals surface area contributed by atoms with E-state index in [0.29, 0.717) is 16.1 Å². The molecular formula is C24H15BrClNO4S. The minimum absolute atomic E-state index is 0.163. The van der Waals surface area contributed by atoms with Gasteiger partial charge in [-0.3, -0.25) is 14.5 Å². The van der Waals surface area contributed by atoms with Crippen LogP contribution in [0.25, 0.3) is 6.08 Å². The summed E-state index contributed by atoms with van der Waals surface area (Å²) in [6.07, 6.45) is 1.56. The molecule has 0 bridgehead atoms. The highest BCUT2D eigenvalue weighted by Gasteiger charge is 2.35. The van der Waals surface area contributed by atoms with Crippen LogP contribution < -0.4 is 4.74 Å². The SMILES string of the molecule is O=C(Oc1ccccc1/C=C1\SC(=O)N(Cc2ccccc2Br)C1=O)c1ccc(Cl)cc1. The average Bonchev–Trinajstić information content (AvgIpc) is 3.04. The first kappa shape index (κ1) is 22.3. The van der Waals surface area contributed by atoms with Gasteiger partial charge < -0.3 is 4.74 Å². The van der Waals surface area contributed by atoms with E-state index in [9.17, 15) is 14.4 Å². The van der Waals surface area contributed by atoms with Gasteiger partial charge in [0, 0.05) is 15.1 Å². The maximum Gasteiger partial charge on any atom is 0.343 e. The fraction of sp³-hybridized carbons (Fsp3) is 0.0417. The normalized spacial score (nSPS) is 14.8.